The zero-order chi connectivity index (χ0) is 13.0. The SMILES string of the molecule is CC(C)CCCNc1ncnc2nc(N)ccc12. The molecule has 18 heavy (non-hydrogen) atoms. The van der Waals surface area contributed by atoms with Gasteiger partial charge in [0.15, 0.2) is 5.65 Å². The smallest absolute Gasteiger partial charge is 0.166 e. The maximum absolute atomic E-state index is 5.64. The van der Waals surface area contributed by atoms with Crippen LogP contribution < -0.4 is 11.1 Å². The molecule has 2 aromatic rings. The highest BCUT2D eigenvalue weighted by atomic mass is 15.0. The molecule has 0 atom stereocenters. The van der Waals surface area contributed by atoms with Crippen LogP contribution in [0.2, 0.25) is 0 Å². The minimum Gasteiger partial charge on any atom is -0.384 e. The number of anilines is 2. The Labute approximate surface area is 107 Å². The first-order chi connectivity index (χ1) is 8.66. The van der Waals surface area contributed by atoms with Crippen molar-refractivity contribution >= 4 is 22.7 Å². The van der Waals surface area contributed by atoms with E-state index in [0.717, 1.165) is 30.1 Å². The Hall–Kier alpha value is -1.91. The van der Waals surface area contributed by atoms with Crippen LogP contribution >= 0.6 is 0 Å². The predicted octanol–water partition coefficient (Wildman–Crippen LogP) is 2.46. The first-order valence-corrected chi connectivity index (χ1v) is 6.28. The molecule has 0 aliphatic heterocycles. The molecular weight excluding hydrogens is 226 g/mol. The molecule has 0 amide bonds. The third-order valence-corrected chi connectivity index (χ3v) is 2.77. The van der Waals surface area contributed by atoms with Gasteiger partial charge in [0.05, 0.1) is 5.39 Å². The van der Waals surface area contributed by atoms with Gasteiger partial charge in [-0.2, -0.15) is 0 Å². The number of hydrogen-bond acceptors (Lipinski definition) is 5. The molecule has 0 unspecified atom stereocenters. The van der Waals surface area contributed by atoms with Crippen molar-refractivity contribution in [2.45, 2.75) is 26.7 Å². The van der Waals surface area contributed by atoms with Gasteiger partial charge in [-0.05, 0) is 30.9 Å². The number of aromatic nitrogens is 3. The summed E-state index contributed by atoms with van der Waals surface area (Å²) >= 11 is 0. The van der Waals surface area contributed by atoms with Gasteiger partial charge < -0.3 is 11.1 Å². The summed E-state index contributed by atoms with van der Waals surface area (Å²) in [6.45, 7) is 5.37. The van der Waals surface area contributed by atoms with Crippen LogP contribution in [-0.2, 0) is 0 Å². The second-order valence-electron chi connectivity index (χ2n) is 4.79. The van der Waals surface area contributed by atoms with Crippen LogP contribution in [0, 0.1) is 5.92 Å². The van der Waals surface area contributed by atoms with Crippen LogP contribution in [0.15, 0.2) is 18.5 Å². The quantitative estimate of drug-likeness (QED) is 0.791. The Morgan fingerprint density at radius 1 is 1.28 bits per heavy atom. The summed E-state index contributed by atoms with van der Waals surface area (Å²) in [5.74, 6) is 2.04. The first-order valence-electron chi connectivity index (χ1n) is 6.28. The van der Waals surface area contributed by atoms with E-state index in [-0.39, 0.29) is 0 Å². The monoisotopic (exact) mass is 245 g/mol. The van der Waals surface area contributed by atoms with Gasteiger partial charge in [0.2, 0.25) is 0 Å². The van der Waals surface area contributed by atoms with E-state index >= 15 is 0 Å². The topological polar surface area (TPSA) is 76.7 Å². The number of nitrogens with one attached hydrogen (secondary N) is 1. The summed E-state index contributed by atoms with van der Waals surface area (Å²) in [4.78, 5) is 12.5. The number of nitrogens with zero attached hydrogens (tertiary/aromatic N) is 3. The third-order valence-electron chi connectivity index (χ3n) is 2.77. The molecule has 0 aliphatic carbocycles. The van der Waals surface area contributed by atoms with Crippen LogP contribution in [0.4, 0.5) is 11.6 Å². The van der Waals surface area contributed by atoms with E-state index < -0.39 is 0 Å². The van der Waals surface area contributed by atoms with Gasteiger partial charge in [-0.25, -0.2) is 15.0 Å². The van der Waals surface area contributed by atoms with E-state index in [2.05, 4.69) is 34.1 Å². The Morgan fingerprint density at radius 2 is 2.11 bits per heavy atom. The molecule has 96 valence electrons. The van der Waals surface area contributed by atoms with Crippen molar-refractivity contribution in [3.05, 3.63) is 18.5 Å². The number of hydrogen-bond donors (Lipinski definition) is 2. The van der Waals surface area contributed by atoms with Crippen molar-refractivity contribution in [1.82, 2.24) is 15.0 Å². The van der Waals surface area contributed by atoms with Crippen molar-refractivity contribution in [2.75, 3.05) is 17.6 Å². The van der Waals surface area contributed by atoms with E-state index in [1.165, 1.54) is 12.7 Å². The summed E-state index contributed by atoms with van der Waals surface area (Å²) in [6.07, 6.45) is 3.85. The van der Waals surface area contributed by atoms with Gasteiger partial charge in [-0.3, -0.25) is 0 Å². The van der Waals surface area contributed by atoms with Crippen molar-refractivity contribution in [1.29, 1.82) is 0 Å². The van der Waals surface area contributed by atoms with Gasteiger partial charge in [0, 0.05) is 6.54 Å². The fraction of sp³-hybridized carbons (Fsp3) is 0.462. The number of nitrogen functional groups attached to an aromatic ring is 1. The molecule has 2 rings (SSSR count). The third kappa shape index (κ3) is 3.06. The number of rotatable bonds is 5. The fourth-order valence-corrected chi connectivity index (χ4v) is 1.82. The summed E-state index contributed by atoms with van der Waals surface area (Å²) in [5, 5.41) is 4.24. The molecule has 2 aromatic heterocycles. The van der Waals surface area contributed by atoms with E-state index in [1.54, 1.807) is 6.07 Å². The highest BCUT2D eigenvalue weighted by Crippen LogP contribution is 2.18. The minimum atomic E-state index is 0.479. The Bertz CT molecular complexity index is 524. The predicted molar refractivity (Wildman–Crippen MR) is 74.3 cm³/mol. The van der Waals surface area contributed by atoms with E-state index in [0.29, 0.717) is 11.5 Å². The molecular formula is C13H19N5. The number of fused-ring (bicyclic) bond motifs is 1. The molecule has 3 N–H and O–H groups in total. The van der Waals surface area contributed by atoms with E-state index in [4.69, 9.17) is 5.73 Å². The van der Waals surface area contributed by atoms with Gasteiger partial charge in [-0.15, -0.1) is 0 Å². The summed E-state index contributed by atoms with van der Waals surface area (Å²) in [7, 11) is 0. The average Bonchev–Trinajstić information content (AvgIpc) is 2.34. The maximum Gasteiger partial charge on any atom is 0.166 e. The largest absolute Gasteiger partial charge is 0.384 e. The molecule has 5 heteroatoms. The normalized spacial score (nSPS) is 11.1. The van der Waals surface area contributed by atoms with Gasteiger partial charge >= 0.3 is 0 Å². The van der Waals surface area contributed by atoms with Crippen molar-refractivity contribution < 1.29 is 0 Å². The van der Waals surface area contributed by atoms with Crippen LogP contribution in [0.1, 0.15) is 26.7 Å². The summed E-state index contributed by atoms with van der Waals surface area (Å²) in [6, 6.07) is 3.67. The maximum atomic E-state index is 5.64. The molecule has 5 nitrogen and oxygen atoms in total. The average molecular weight is 245 g/mol. The van der Waals surface area contributed by atoms with Crippen molar-refractivity contribution in [2.24, 2.45) is 5.92 Å². The van der Waals surface area contributed by atoms with Gasteiger partial charge in [0.1, 0.15) is 18.0 Å². The highest BCUT2D eigenvalue weighted by molar-refractivity contribution is 5.86. The zero-order valence-corrected chi connectivity index (χ0v) is 10.8. The summed E-state index contributed by atoms with van der Waals surface area (Å²) in [5.41, 5.74) is 6.27. The lowest BCUT2D eigenvalue weighted by atomic mass is 10.1. The summed E-state index contributed by atoms with van der Waals surface area (Å²) < 4.78 is 0. The van der Waals surface area contributed by atoms with Crippen LogP contribution in [0.25, 0.3) is 11.0 Å². The molecule has 0 aromatic carbocycles. The molecule has 0 aliphatic rings. The minimum absolute atomic E-state index is 0.479. The van der Waals surface area contributed by atoms with Crippen molar-refractivity contribution in [3.63, 3.8) is 0 Å². The lowest BCUT2D eigenvalue weighted by molar-refractivity contribution is 0.567. The molecule has 0 saturated heterocycles. The molecule has 2 heterocycles. The highest BCUT2D eigenvalue weighted by Gasteiger charge is 2.04. The molecule has 0 fully saturated rings. The van der Waals surface area contributed by atoms with Gasteiger partial charge in [0.25, 0.3) is 0 Å². The Balaban J connectivity index is 2.08. The molecule has 0 radical (unpaired) electrons. The number of nitrogens with two attached hydrogens (primary N) is 1. The van der Waals surface area contributed by atoms with E-state index in [9.17, 15) is 0 Å². The second kappa shape index (κ2) is 5.62. The first kappa shape index (κ1) is 12.5. The fourth-order valence-electron chi connectivity index (χ4n) is 1.82. The molecule has 0 spiro atoms. The lowest BCUT2D eigenvalue weighted by Gasteiger charge is -2.09. The molecule has 0 saturated carbocycles. The van der Waals surface area contributed by atoms with Crippen LogP contribution in [-0.4, -0.2) is 21.5 Å². The zero-order valence-electron chi connectivity index (χ0n) is 10.8. The van der Waals surface area contributed by atoms with Gasteiger partial charge in [-0.1, -0.05) is 13.8 Å². The number of pyridine rings is 1. The van der Waals surface area contributed by atoms with Crippen LogP contribution in [0.3, 0.4) is 0 Å². The lowest BCUT2D eigenvalue weighted by Crippen LogP contribution is -2.06. The standard InChI is InChI=1S/C13H19N5/c1-9(2)4-3-7-15-12-10-5-6-11(14)18-13(10)17-8-16-12/h5-6,8-9H,3-4,7H2,1-2H3,(H3,14,15,16,17,18). The Morgan fingerprint density at radius 3 is 2.89 bits per heavy atom. The van der Waals surface area contributed by atoms with Crippen molar-refractivity contribution in [3.8, 4) is 0 Å². The van der Waals surface area contributed by atoms with E-state index in [1.807, 2.05) is 6.07 Å². The van der Waals surface area contributed by atoms with Crippen LogP contribution in [0.5, 0.6) is 0 Å². The Kier molecular flexibility index (Phi) is 3.92. The molecule has 0 bridgehead atoms. The second-order valence-corrected chi connectivity index (χ2v) is 4.79.